The number of hydrogen-bond acceptors (Lipinski definition) is 4. The number of aryl methyl sites for hydroxylation is 2. The van der Waals surface area contributed by atoms with Crippen LogP contribution in [0.4, 0.5) is 5.69 Å². The van der Waals surface area contributed by atoms with Gasteiger partial charge in [-0.3, -0.25) is 4.79 Å². The van der Waals surface area contributed by atoms with Gasteiger partial charge in [0.15, 0.2) is 18.1 Å². The molecule has 0 saturated heterocycles. The second-order valence-electron chi connectivity index (χ2n) is 6.05. The van der Waals surface area contributed by atoms with Crippen molar-refractivity contribution in [2.24, 2.45) is 0 Å². The van der Waals surface area contributed by atoms with E-state index in [1.807, 2.05) is 12.1 Å². The molecular weight excluding hydrogens is 316 g/mol. The summed E-state index contributed by atoms with van der Waals surface area (Å²) in [6.07, 6.45) is 1.94. The van der Waals surface area contributed by atoms with Gasteiger partial charge < -0.3 is 14.4 Å². The molecule has 5 nitrogen and oxygen atoms in total. The first-order valence-electron chi connectivity index (χ1n) is 8.23. The van der Waals surface area contributed by atoms with Gasteiger partial charge in [-0.05, 0) is 43.5 Å². The van der Waals surface area contributed by atoms with Crippen LogP contribution in [0.5, 0.6) is 11.5 Å². The van der Waals surface area contributed by atoms with Crippen LogP contribution in [-0.2, 0) is 11.2 Å². The molecule has 0 spiro atoms. The highest BCUT2D eigenvalue weighted by Gasteiger charge is 2.23. The van der Waals surface area contributed by atoms with Crippen molar-refractivity contribution in [1.29, 1.82) is 5.26 Å². The minimum absolute atomic E-state index is 0.0738. The zero-order valence-electron chi connectivity index (χ0n) is 14.4. The first-order valence-corrected chi connectivity index (χ1v) is 8.23. The summed E-state index contributed by atoms with van der Waals surface area (Å²) in [7, 11) is 1.51. The molecule has 0 N–H and O–H groups in total. The number of benzene rings is 2. The third-order valence-electron chi connectivity index (χ3n) is 4.30. The van der Waals surface area contributed by atoms with Gasteiger partial charge in [0.2, 0.25) is 0 Å². The van der Waals surface area contributed by atoms with Crippen LogP contribution in [-0.4, -0.2) is 26.2 Å². The number of carbonyl (C=O) groups excluding carboxylic acids is 1. The molecule has 3 rings (SSSR count). The number of methoxy groups -OCH3 is 1. The first-order chi connectivity index (χ1) is 12.1. The number of nitriles is 1. The van der Waals surface area contributed by atoms with Gasteiger partial charge in [-0.25, -0.2) is 0 Å². The maximum absolute atomic E-state index is 12.6. The Morgan fingerprint density at radius 3 is 2.84 bits per heavy atom. The van der Waals surface area contributed by atoms with Crippen LogP contribution in [0.3, 0.4) is 0 Å². The van der Waals surface area contributed by atoms with E-state index >= 15 is 0 Å². The fourth-order valence-electron chi connectivity index (χ4n) is 3.06. The van der Waals surface area contributed by atoms with Crippen LogP contribution >= 0.6 is 0 Å². The summed E-state index contributed by atoms with van der Waals surface area (Å²) in [5.41, 5.74) is 3.86. The SMILES string of the molecule is COc1cc(C#N)ccc1OCC(=O)N1CCCc2cc(C)ccc21. The average Bonchev–Trinajstić information content (AvgIpc) is 2.65. The Morgan fingerprint density at radius 1 is 1.24 bits per heavy atom. The number of fused-ring (bicyclic) bond motifs is 1. The van der Waals surface area contributed by atoms with Gasteiger partial charge >= 0.3 is 0 Å². The van der Waals surface area contributed by atoms with Crippen LogP contribution in [0.2, 0.25) is 0 Å². The predicted octanol–water partition coefficient (Wildman–Crippen LogP) is 3.23. The molecule has 0 saturated carbocycles. The molecule has 1 heterocycles. The molecule has 128 valence electrons. The quantitative estimate of drug-likeness (QED) is 0.860. The second kappa shape index (κ2) is 7.27. The minimum Gasteiger partial charge on any atom is -0.493 e. The van der Waals surface area contributed by atoms with E-state index in [1.54, 1.807) is 23.1 Å². The molecule has 0 radical (unpaired) electrons. The number of nitrogens with zero attached hydrogens (tertiary/aromatic N) is 2. The van der Waals surface area contributed by atoms with Crippen molar-refractivity contribution in [3.63, 3.8) is 0 Å². The highest BCUT2D eigenvalue weighted by atomic mass is 16.5. The van der Waals surface area contributed by atoms with Gasteiger partial charge in [-0.2, -0.15) is 5.26 Å². The number of hydrogen-bond donors (Lipinski definition) is 0. The summed E-state index contributed by atoms with van der Waals surface area (Å²) < 4.78 is 10.9. The lowest BCUT2D eigenvalue weighted by molar-refractivity contribution is -0.120. The molecule has 2 aromatic rings. The average molecular weight is 336 g/mol. The molecular formula is C20H20N2O3. The molecule has 0 fully saturated rings. The molecule has 1 aliphatic heterocycles. The van der Waals surface area contributed by atoms with Gasteiger partial charge in [0.25, 0.3) is 5.91 Å². The van der Waals surface area contributed by atoms with Crippen LogP contribution in [0, 0.1) is 18.3 Å². The maximum atomic E-state index is 12.6. The van der Waals surface area contributed by atoms with Gasteiger partial charge in [-0.1, -0.05) is 17.7 Å². The van der Waals surface area contributed by atoms with Crippen molar-refractivity contribution in [2.45, 2.75) is 19.8 Å². The Bertz CT molecular complexity index is 839. The molecule has 1 amide bonds. The van der Waals surface area contributed by atoms with Gasteiger partial charge in [0, 0.05) is 18.3 Å². The number of rotatable bonds is 4. The van der Waals surface area contributed by atoms with Crippen molar-refractivity contribution in [3.05, 3.63) is 53.1 Å². The first kappa shape index (κ1) is 16.8. The van der Waals surface area contributed by atoms with E-state index in [0.29, 0.717) is 23.6 Å². The number of anilines is 1. The van der Waals surface area contributed by atoms with Crippen LogP contribution < -0.4 is 14.4 Å². The summed E-state index contributed by atoms with van der Waals surface area (Å²) in [6.45, 7) is 2.68. The zero-order valence-corrected chi connectivity index (χ0v) is 14.4. The normalized spacial score (nSPS) is 12.9. The summed E-state index contributed by atoms with van der Waals surface area (Å²) in [4.78, 5) is 14.4. The molecule has 0 aliphatic carbocycles. The monoisotopic (exact) mass is 336 g/mol. The minimum atomic E-state index is -0.0868. The summed E-state index contributed by atoms with van der Waals surface area (Å²) in [5, 5.41) is 8.94. The summed E-state index contributed by atoms with van der Waals surface area (Å²) >= 11 is 0. The Kier molecular flexibility index (Phi) is 4.90. The molecule has 0 bridgehead atoms. The smallest absolute Gasteiger partial charge is 0.264 e. The fraction of sp³-hybridized carbons (Fsp3) is 0.300. The van der Waals surface area contributed by atoms with Crippen LogP contribution in [0.25, 0.3) is 0 Å². The molecule has 0 unspecified atom stereocenters. The summed E-state index contributed by atoms with van der Waals surface area (Å²) in [6, 6.07) is 13.1. The summed E-state index contributed by atoms with van der Waals surface area (Å²) in [5.74, 6) is 0.814. The van der Waals surface area contributed by atoms with Crippen molar-refractivity contribution < 1.29 is 14.3 Å². The molecule has 1 aliphatic rings. The highest BCUT2D eigenvalue weighted by molar-refractivity contribution is 5.95. The van der Waals surface area contributed by atoms with E-state index in [-0.39, 0.29) is 12.5 Å². The third kappa shape index (κ3) is 3.58. The Balaban J connectivity index is 1.73. The largest absolute Gasteiger partial charge is 0.493 e. The van der Waals surface area contributed by atoms with E-state index in [2.05, 4.69) is 19.1 Å². The standard InChI is InChI=1S/C20H20N2O3/c1-14-5-7-17-16(10-14)4-3-9-22(17)20(23)13-25-18-8-6-15(12-21)11-19(18)24-2/h5-8,10-11H,3-4,9,13H2,1-2H3. The van der Waals surface area contributed by atoms with E-state index in [4.69, 9.17) is 14.7 Å². The number of carbonyl (C=O) groups is 1. The van der Waals surface area contributed by atoms with E-state index < -0.39 is 0 Å². The lowest BCUT2D eigenvalue weighted by Crippen LogP contribution is -2.38. The molecule has 0 aromatic heterocycles. The van der Waals surface area contributed by atoms with Gasteiger partial charge in [0.1, 0.15) is 0 Å². The van der Waals surface area contributed by atoms with E-state index in [9.17, 15) is 4.79 Å². The zero-order chi connectivity index (χ0) is 17.8. The van der Waals surface area contributed by atoms with Crippen LogP contribution in [0.15, 0.2) is 36.4 Å². The molecule has 5 heteroatoms. The molecule has 25 heavy (non-hydrogen) atoms. The van der Waals surface area contributed by atoms with Crippen molar-refractivity contribution in [2.75, 3.05) is 25.2 Å². The highest BCUT2D eigenvalue weighted by Crippen LogP contribution is 2.30. The van der Waals surface area contributed by atoms with Crippen molar-refractivity contribution in [3.8, 4) is 17.6 Å². The topological polar surface area (TPSA) is 62.6 Å². The van der Waals surface area contributed by atoms with Crippen LogP contribution in [0.1, 0.15) is 23.1 Å². The Hall–Kier alpha value is -3.00. The van der Waals surface area contributed by atoms with Gasteiger partial charge in [-0.15, -0.1) is 0 Å². The van der Waals surface area contributed by atoms with Gasteiger partial charge in [0.05, 0.1) is 18.7 Å². The molecule has 0 atom stereocenters. The second-order valence-corrected chi connectivity index (χ2v) is 6.05. The number of ether oxygens (including phenoxy) is 2. The van der Waals surface area contributed by atoms with E-state index in [1.165, 1.54) is 18.2 Å². The third-order valence-corrected chi connectivity index (χ3v) is 4.30. The molecule has 2 aromatic carbocycles. The Morgan fingerprint density at radius 2 is 2.08 bits per heavy atom. The fourth-order valence-corrected chi connectivity index (χ4v) is 3.06. The Labute approximate surface area is 147 Å². The lowest BCUT2D eigenvalue weighted by Gasteiger charge is -2.29. The maximum Gasteiger partial charge on any atom is 0.264 e. The lowest BCUT2D eigenvalue weighted by atomic mass is 9.99. The van der Waals surface area contributed by atoms with E-state index in [0.717, 1.165) is 18.5 Å². The predicted molar refractivity (Wildman–Crippen MR) is 95.1 cm³/mol. The number of amides is 1. The van der Waals surface area contributed by atoms with Crippen molar-refractivity contribution in [1.82, 2.24) is 0 Å². The van der Waals surface area contributed by atoms with Crippen molar-refractivity contribution >= 4 is 11.6 Å².